The van der Waals surface area contributed by atoms with Crippen LogP contribution in [0.3, 0.4) is 0 Å². The highest BCUT2D eigenvalue weighted by Crippen LogP contribution is 2.12. The third kappa shape index (κ3) is 24.8. The molecule has 0 aliphatic heterocycles. The molecular formula is C29H54N4O8. The van der Waals surface area contributed by atoms with E-state index in [9.17, 15) is 34.4 Å². The van der Waals surface area contributed by atoms with Crippen molar-refractivity contribution in [2.24, 2.45) is 5.92 Å². The molecule has 0 bridgehead atoms. The first-order chi connectivity index (χ1) is 19.5. The number of carbonyl (C=O) groups is 5. The predicted molar refractivity (Wildman–Crippen MR) is 154 cm³/mol. The van der Waals surface area contributed by atoms with Crippen molar-refractivity contribution in [3.05, 3.63) is 0 Å². The summed E-state index contributed by atoms with van der Waals surface area (Å²) in [6.45, 7) is 5.66. The Morgan fingerprint density at radius 3 is 1.51 bits per heavy atom. The van der Waals surface area contributed by atoms with Crippen LogP contribution in [0.15, 0.2) is 0 Å². The summed E-state index contributed by atoms with van der Waals surface area (Å²) >= 11 is 0. The van der Waals surface area contributed by atoms with Crippen molar-refractivity contribution in [1.82, 2.24) is 20.8 Å². The summed E-state index contributed by atoms with van der Waals surface area (Å²) in [6.07, 6.45) is 10.4. The van der Waals surface area contributed by atoms with Gasteiger partial charge in [-0.2, -0.15) is 0 Å². The van der Waals surface area contributed by atoms with E-state index >= 15 is 0 Å². The van der Waals surface area contributed by atoms with Gasteiger partial charge in [-0.25, -0.2) is 10.1 Å². The van der Waals surface area contributed by atoms with Gasteiger partial charge in [0, 0.05) is 51.9 Å². The van der Waals surface area contributed by atoms with Crippen molar-refractivity contribution < 1.29 is 39.5 Å². The van der Waals surface area contributed by atoms with E-state index in [2.05, 4.69) is 24.5 Å². The Kier molecular flexibility index (Phi) is 23.4. The average molecular weight is 587 g/mol. The Labute approximate surface area is 245 Å². The topological polar surface area (TPSA) is 177 Å². The van der Waals surface area contributed by atoms with Crippen molar-refractivity contribution in [1.29, 1.82) is 0 Å². The number of carboxylic acids is 1. The molecule has 238 valence electrons. The lowest BCUT2D eigenvalue weighted by Crippen LogP contribution is -2.31. The predicted octanol–water partition coefficient (Wildman–Crippen LogP) is 4.03. The van der Waals surface area contributed by atoms with E-state index in [1.807, 2.05) is 0 Å². The first-order valence-corrected chi connectivity index (χ1v) is 15.3. The number of hydroxylamine groups is 4. The molecule has 0 aliphatic rings. The van der Waals surface area contributed by atoms with E-state index < -0.39 is 11.9 Å². The van der Waals surface area contributed by atoms with E-state index in [1.165, 1.54) is 19.3 Å². The van der Waals surface area contributed by atoms with Gasteiger partial charge in [-0.1, -0.05) is 46.0 Å². The van der Waals surface area contributed by atoms with E-state index in [-0.39, 0.29) is 56.5 Å². The third-order valence-electron chi connectivity index (χ3n) is 6.62. The highest BCUT2D eigenvalue weighted by molar-refractivity contribution is 5.83. The molecule has 0 saturated carbocycles. The molecular weight excluding hydrogens is 532 g/mol. The van der Waals surface area contributed by atoms with Crippen LogP contribution in [0.4, 0.5) is 0 Å². The van der Waals surface area contributed by atoms with Gasteiger partial charge < -0.3 is 15.7 Å². The summed E-state index contributed by atoms with van der Waals surface area (Å²) in [4.78, 5) is 57.8. The smallest absolute Gasteiger partial charge is 0.303 e. The number of carbonyl (C=O) groups excluding carboxylic acids is 4. The molecule has 0 unspecified atom stereocenters. The number of aliphatic carboxylic acids is 1. The standard InChI is InChI=1S/C29H54N4O8/c1-24(2)14-8-4-3-5-9-15-27(36)32(40)22-12-6-10-20-30-25(34)16-18-28(37)33(41)23-13-7-11-21-31-26(35)17-19-29(38)39/h24,40-41H,3-23H2,1-2H3,(H,30,34)(H,31,35)(H,38,39). The Bertz CT molecular complexity index is 763. The minimum Gasteiger partial charge on any atom is -0.481 e. The molecule has 12 heteroatoms. The zero-order chi connectivity index (χ0) is 30.9. The SMILES string of the molecule is CC(C)CCCCCCCC(=O)N(O)CCCCCNC(=O)CCC(=O)N(O)CCCCCNC(=O)CCC(=O)O. The Morgan fingerprint density at radius 1 is 0.561 bits per heavy atom. The molecule has 0 rings (SSSR count). The fourth-order valence-electron chi connectivity index (χ4n) is 4.07. The second-order valence-corrected chi connectivity index (χ2v) is 10.9. The number of amides is 4. The fourth-order valence-corrected chi connectivity index (χ4v) is 4.07. The number of carboxylic acid groups (broad SMARTS) is 1. The number of nitrogens with zero attached hydrogens (tertiary/aromatic N) is 2. The Hall–Kier alpha value is -2.73. The third-order valence-corrected chi connectivity index (χ3v) is 6.62. The van der Waals surface area contributed by atoms with Crippen molar-refractivity contribution in [3.8, 4) is 0 Å². The Morgan fingerprint density at radius 2 is 1.00 bits per heavy atom. The highest BCUT2D eigenvalue weighted by Gasteiger charge is 2.13. The monoisotopic (exact) mass is 586 g/mol. The maximum atomic E-state index is 12.0. The lowest BCUT2D eigenvalue weighted by molar-refractivity contribution is -0.166. The quantitative estimate of drug-likeness (QED) is 0.0573. The van der Waals surface area contributed by atoms with E-state index in [1.54, 1.807) is 0 Å². The lowest BCUT2D eigenvalue weighted by atomic mass is 10.0. The minimum atomic E-state index is -1.02. The molecule has 0 aliphatic carbocycles. The minimum absolute atomic E-state index is 0.0328. The van der Waals surface area contributed by atoms with Gasteiger partial charge >= 0.3 is 5.97 Å². The van der Waals surface area contributed by atoms with E-state index in [0.29, 0.717) is 56.7 Å². The summed E-state index contributed by atoms with van der Waals surface area (Å²) in [5.41, 5.74) is 0. The van der Waals surface area contributed by atoms with Crippen LogP contribution in [-0.2, 0) is 24.0 Å². The molecule has 0 aromatic heterocycles. The zero-order valence-corrected chi connectivity index (χ0v) is 25.2. The fraction of sp³-hybridized carbons (Fsp3) is 0.828. The molecule has 4 amide bonds. The molecule has 0 heterocycles. The van der Waals surface area contributed by atoms with E-state index in [4.69, 9.17) is 5.11 Å². The van der Waals surface area contributed by atoms with Crippen LogP contribution < -0.4 is 10.6 Å². The van der Waals surface area contributed by atoms with E-state index in [0.717, 1.165) is 36.7 Å². The second kappa shape index (κ2) is 25.0. The van der Waals surface area contributed by atoms with Crippen molar-refractivity contribution in [2.75, 3.05) is 26.2 Å². The largest absolute Gasteiger partial charge is 0.481 e. The molecule has 0 radical (unpaired) electrons. The molecule has 5 N–H and O–H groups in total. The summed E-state index contributed by atoms with van der Waals surface area (Å²) < 4.78 is 0. The molecule has 0 aromatic rings. The van der Waals surface area contributed by atoms with Crippen LogP contribution in [-0.4, -0.2) is 81.4 Å². The van der Waals surface area contributed by atoms with Crippen molar-refractivity contribution in [3.63, 3.8) is 0 Å². The van der Waals surface area contributed by atoms with Crippen LogP contribution in [0.25, 0.3) is 0 Å². The van der Waals surface area contributed by atoms with Gasteiger partial charge in [-0.05, 0) is 50.9 Å². The van der Waals surface area contributed by atoms with Crippen molar-refractivity contribution in [2.45, 2.75) is 123 Å². The Balaban J connectivity index is 3.69. The van der Waals surface area contributed by atoms with Gasteiger partial charge in [0.2, 0.25) is 23.6 Å². The van der Waals surface area contributed by atoms with Gasteiger partial charge in [0.25, 0.3) is 0 Å². The second-order valence-electron chi connectivity index (χ2n) is 10.9. The first-order valence-electron chi connectivity index (χ1n) is 15.3. The van der Waals surface area contributed by atoms with Gasteiger partial charge in [0.05, 0.1) is 6.42 Å². The van der Waals surface area contributed by atoms with Gasteiger partial charge in [-0.3, -0.25) is 34.4 Å². The molecule has 0 saturated heterocycles. The van der Waals surface area contributed by atoms with Crippen LogP contribution in [0.1, 0.15) is 123 Å². The molecule has 0 atom stereocenters. The van der Waals surface area contributed by atoms with Gasteiger partial charge in [0.1, 0.15) is 0 Å². The first kappa shape index (κ1) is 38.3. The molecule has 0 spiro atoms. The number of unbranched alkanes of at least 4 members (excludes halogenated alkanes) is 8. The van der Waals surface area contributed by atoms with Crippen molar-refractivity contribution >= 4 is 29.6 Å². The molecule has 12 nitrogen and oxygen atoms in total. The molecule has 0 aromatic carbocycles. The normalized spacial score (nSPS) is 10.9. The number of hydrogen-bond donors (Lipinski definition) is 5. The summed E-state index contributed by atoms with van der Waals surface area (Å²) in [5, 5.41) is 35.0. The summed E-state index contributed by atoms with van der Waals surface area (Å²) in [5.74, 6) is -1.69. The highest BCUT2D eigenvalue weighted by atomic mass is 16.5. The molecule has 0 fully saturated rings. The van der Waals surface area contributed by atoms with Gasteiger partial charge in [0.15, 0.2) is 0 Å². The van der Waals surface area contributed by atoms with Crippen LogP contribution >= 0.6 is 0 Å². The van der Waals surface area contributed by atoms with Crippen LogP contribution in [0.5, 0.6) is 0 Å². The zero-order valence-electron chi connectivity index (χ0n) is 25.2. The summed E-state index contributed by atoms with van der Waals surface area (Å²) in [6, 6.07) is 0. The summed E-state index contributed by atoms with van der Waals surface area (Å²) in [7, 11) is 0. The molecule has 41 heavy (non-hydrogen) atoms. The number of nitrogens with one attached hydrogen (secondary N) is 2. The number of hydrogen-bond acceptors (Lipinski definition) is 7. The lowest BCUT2D eigenvalue weighted by Gasteiger charge is -2.15. The average Bonchev–Trinajstić information content (AvgIpc) is 2.92. The maximum Gasteiger partial charge on any atom is 0.303 e. The van der Waals surface area contributed by atoms with Gasteiger partial charge in [-0.15, -0.1) is 0 Å². The number of rotatable bonds is 26. The van der Waals surface area contributed by atoms with Crippen LogP contribution in [0.2, 0.25) is 0 Å². The van der Waals surface area contributed by atoms with Crippen LogP contribution in [0, 0.1) is 5.92 Å². The maximum absolute atomic E-state index is 12.0.